The Morgan fingerprint density at radius 2 is 1.78 bits per heavy atom. The van der Waals surface area contributed by atoms with Crippen molar-refractivity contribution >= 4 is 46.3 Å². The van der Waals surface area contributed by atoms with Crippen molar-refractivity contribution in [3.8, 4) is 17.2 Å². The van der Waals surface area contributed by atoms with Crippen molar-refractivity contribution in [3.05, 3.63) is 97.4 Å². The molecule has 2 aliphatic rings. The second-order valence-corrected chi connectivity index (χ2v) is 9.21. The molecule has 3 aromatic rings. The summed E-state index contributed by atoms with van der Waals surface area (Å²) < 4.78 is 16.3. The normalized spacial score (nSPS) is 15.6. The third-order valence-corrected chi connectivity index (χ3v) is 6.76. The lowest BCUT2D eigenvalue weighted by atomic mass is 10.1. The van der Waals surface area contributed by atoms with Crippen LogP contribution in [0, 0.1) is 10.1 Å². The molecule has 2 heterocycles. The quantitative estimate of drug-likeness (QED) is 0.217. The van der Waals surface area contributed by atoms with Crippen molar-refractivity contribution in [2.24, 2.45) is 0 Å². The molecule has 0 aliphatic carbocycles. The first kappa shape index (κ1) is 23.7. The van der Waals surface area contributed by atoms with Gasteiger partial charge in [0.2, 0.25) is 6.79 Å². The summed E-state index contributed by atoms with van der Waals surface area (Å²) in [7, 11) is 0. The number of benzene rings is 3. The number of halogens is 1. The van der Waals surface area contributed by atoms with Gasteiger partial charge in [-0.2, -0.15) is 0 Å². The minimum Gasteiger partial charge on any atom is -0.489 e. The molecule has 0 unspecified atom stereocenters. The third kappa shape index (κ3) is 4.86. The van der Waals surface area contributed by atoms with E-state index in [0.29, 0.717) is 39.0 Å². The van der Waals surface area contributed by atoms with Gasteiger partial charge in [0.15, 0.2) is 11.5 Å². The number of imide groups is 1. The number of ether oxygens (including phenoxy) is 3. The van der Waals surface area contributed by atoms with Crippen LogP contribution in [0.1, 0.15) is 16.7 Å². The number of para-hydroxylation sites is 1. The van der Waals surface area contributed by atoms with E-state index >= 15 is 0 Å². The molecule has 1 fully saturated rings. The topological polar surface area (TPSA) is 108 Å². The van der Waals surface area contributed by atoms with Crippen LogP contribution in [0.15, 0.2) is 65.6 Å². The molecule has 0 saturated carbocycles. The predicted molar refractivity (Wildman–Crippen MR) is 133 cm³/mol. The van der Waals surface area contributed by atoms with Crippen LogP contribution < -0.4 is 14.2 Å². The standard InChI is InChI=1S/C25H17ClN2O7S/c26-19-11-22-21(34-14-35-22)10-17(19)12-27-24(29)23(36-25(27)30)9-15-5-7-18(8-6-15)33-13-16-3-1-2-4-20(16)28(31)32/h1-11H,12-14H2/b23-9-. The minimum atomic E-state index is -0.449. The Hall–Kier alpha value is -4.02. The fourth-order valence-corrected chi connectivity index (χ4v) is 4.72. The Morgan fingerprint density at radius 1 is 1.06 bits per heavy atom. The average molecular weight is 525 g/mol. The molecule has 0 atom stereocenters. The maximum atomic E-state index is 12.9. The lowest BCUT2D eigenvalue weighted by Gasteiger charge is -2.14. The van der Waals surface area contributed by atoms with Crippen LogP contribution in [-0.4, -0.2) is 27.8 Å². The van der Waals surface area contributed by atoms with Gasteiger partial charge in [0.05, 0.1) is 21.9 Å². The molecule has 2 amide bonds. The highest BCUT2D eigenvalue weighted by Crippen LogP contribution is 2.39. The third-order valence-electron chi connectivity index (χ3n) is 5.50. The summed E-state index contributed by atoms with van der Waals surface area (Å²) in [6, 6.07) is 16.5. The lowest BCUT2D eigenvalue weighted by molar-refractivity contribution is -0.385. The Kier molecular flexibility index (Phi) is 6.53. The molecule has 0 N–H and O–H groups in total. The molecule has 2 aliphatic heterocycles. The number of nitro groups is 1. The number of carbonyl (C=O) groups excluding carboxylic acids is 2. The van der Waals surface area contributed by atoms with E-state index in [-0.39, 0.29) is 30.5 Å². The van der Waals surface area contributed by atoms with Gasteiger partial charge in [-0.3, -0.25) is 24.6 Å². The van der Waals surface area contributed by atoms with Crippen molar-refractivity contribution in [1.82, 2.24) is 4.90 Å². The molecule has 11 heteroatoms. The Bertz CT molecular complexity index is 1410. The zero-order chi connectivity index (χ0) is 25.2. The zero-order valence-corrected chi connectivity index (χ0v) is 20.1. The van der Waals surface area contributed by atoms with Crippen LogP contribution in [0.4, 0.5) is 10.5 Å². The number of nitro benzene ring substituents is 1. The maximum Gasteiger partial charge on any atom is 0.293 e. The predicted octanol–water partition coefficient (Wildman–Crippen LogP) is 5.79. The van der Waals surface area contributed by atoms with E-state index < -0.39 is 16.1 Å². The molecule has 1 saturated heterocycles. The summed E-state index contributed by atoms with van der Waals surface area (Å²) in [5, 5.41) is 11.1. The fraction of sp³-hybridized carbons (Fsp3) is 0.120. The molecule has 0 radical (unpaired) electrons. The van der Waals surface area contributed by atoms with Crippen LogP contribution >= 0.6 is 23.4 Å². The van der Waals surface area contributed by atoms with Gasteiger partial charge in [-0.25, -0.2) is 0 Å². The van der Waals surface area contributed by atoms with Crippen molar-refractivity contribution < 1.29 is 28.7 Å². The van der Waals surface area contributed by atoms with Crippen molar-refractivity contribution in [2.45, 2.75) is 13.2 Å². The lowest BCUT2D eigenvalue weighted by Crippen LogP contribution is -2.27. The number of fused-ring (bicyclic) bond motifs is 1. The molecule has 0 aromatic heterocycles. The van der Waals surface area contributed by atoms with Gasteiger partial charge >= 0.3 is 0 Å². The molecule has 5 rings (SSSR count). The Balaban J connectivity index is 1.25. The molecular formula is C25H17ClN2O7S. The van der Waals surface area contributed by atoms with Crippen LogP contribution in [0.2, 0.25) is 5.02 Å². The number of rotatable bonds is 7. The van der Waals surface area contributed by atoms with E-state index in [0.717, 1.165) is 16.7 Å². The SMILES string of the molecule is O=C1S/C(=C\c2ccc(OCc3ccccc3[N+](=O)[O-])cc2)C(=O)N1Cc1cc2c(cc1Cl)OCO2. The van der Waals surface area contributed by atoms with Gasteiger partial charge in [0, 0.05) is 17.2 Å². The molecular weight excluding hydrogens is 508 g/mol. The van der Waals surface area contributed by atoms with Gasteiger partial charge < -0.3 is 14.2 Å². The monoisotopic (exact) mass is 524 g/mol. The largest absolute Gasteiger partial charge is 0.489 e. The second kappa shape index (κ2) is 9.92. The molecule has 36 heavy (non-hydrogen) atoms. The summed E-state index contributed by atoms with van der Waals surface area (Å²) >= 11 is 7.15. The van der Waals surface area contributed by atoms with E-state index in [1.165, 1.54) is 6.07 Å². The highest BCUT2D eigenvalue weighted by atomic mass is 35.5. The summed E-state index contributed by atoms with van der Waals surface area (Å²) in [6.07, 6.45) is 1.62. The van der Waals surface area contributed by atoms with Gasteiger partial charge in [-0.15, -0.1) is 0 Å². The van der Waals surface area contributed by atoms with Gasteiger partial charge in [0.25, 0.3) is 16.8 Å². The average Bonchev–Trinajstić information content (AvgIpc) is 3.42. The van der Waals surface area contributed by atoms with Crippen molar-refractivity contribution in [2.75, 3.05) is 6.79 Å². The van der Waals surface area contributed by atoms with E-state index in [2.05, 4.69) is 0 Å². The maximum absolute atomic E-state index is 12.9. The molecule has 182 valence electrons. The summed E-state index contributed by atoms with van der Waals surface area (Å²) in [5.74, 6) is 1.12. The smallest absolute Gasteiger partial charge is 0.293 e. The van der Waals surface area contributed by atoms with Gasteiger partial charge in [-0.1, -0.05) is 35.9 Å². The fourth-order valence-electron chi connectivity index (χ4n) is 3.67. The van der Waals surface area contributed by atoms with Crippen LogP contribution in [-0.2, 0) is 17.9 Å². The first-order valence-corrected chi connectivity index (χ1v) is 11.9. The number of hydrogen-bond acceptors (Lipinski definition) is 8. The zero-order valence-electron chi connectivity index (χ0n) is 18.5. The van der Waals surface area contributed by atoms with Crippen LogP contribution in [0.5, 0.6) is 17.2 Å². The second-order valence-electron chi connectivity index (χ2n) is 7.81. The van der Waals surface area contributed by atoms with Gasteiger partial charge in [0.1, 0.15) is 12.4 Å². The molecule has 9 nitrogen and oxygen atoms in total. The van der Waals surface area contributed by atoms with E-state index in [4.69, 9.17) is 25.8 Å². The summed E-state index contributed by atoms with van der Waals surface area (Å²) in [5.41, 5.74) is 1.72. The van der Waals surface area contributed by atoms with Crippen LogP contribution in [0.3, 0.4) is 0 Å². The van der Waals surface area contributed by atoms with E-state index in [1.807, 2.05) is 0 Å². The first-order valence-electron chi connectivity index (χ1n) is 10.7. The first-order chi connectivity index (χ1) is 17.4. The number of thioether (sulfide) groups is 1. The number of hydrogen-bond donors (Lipinski definition) is 0. The summed E-state index contributed by atoms with van der Waals surface area (Å²) in [4.78, 5) is 37.6. The van der Waals surface area contributed by atoms with Crippen LogP contribution in [0.25, 0.3) is 6.08 Å². The van der Waals surface area contributed by atoms with Gasteiger partial charge in [-0.05, 0) is 53.2 Å². The highest BCUT2D eigenvalue weighted by molar-refractivity contribution is 8.18. The number of amides is 2. The van der Waals surface area contributed by atoms with Crippen molar-refractivity contribution in [3.63, 3.8) is 0 Å². The highest BCUT2D eigenvalue weighted by Gasteiger charge is 2.35. The molecule has 0 bridgehead atoms. The van der Waals surface area contributed by atoms with E-state index in [1.54, 1.807) is 60.7 Å². The molecule has 3 aromatic carbocycles. The number of carbonyl (C=O) groups is 2. The summed E-state index contributed by atoms with van der Waals surface area (Å²) in [6.45, 7) is 0.142. The van der Waals surface area contributed by atoms with Crippen molar-refractivity contribution in [1.29, 1.82) is 0 Å². The minimum absolute atomic E-state index is 0.00752. The number of nitrogens with zero attached hydrogens (tertiary/aromatic N) is 2. The molecule has 0 spiro atoms. The Labute approximate surface area is 214 Å². The van der Waals surface area contributed by atoms with E-state index in [9.17, 15) is 19.7 Å². The Morgan fingerprint density at radius 3 is 2.53 bits per heavy atom.